The largest absolute Gasteiger partial charge is 0.399 e. The molecule has 2 heterocycles. The number of rotatable bonds is 4. The Kier molecular flexibility index (Phi) is 3.80. The van der Waals surface area contributed by atoms with Crippen molar-refractivity contribution in [1.29, 1.82) is 0 Å². The predicted octanol–water partition coefficient (Wildman–Crippen LogP) is 2.93. The molecule has 0 amide bonds. The van der Waals surface area contributed by atoms with Gasteiger partial charge in [-0.25, -0.2) is 4.98 Å². The lowest BCUT2D eigenvalue weighted by Gasteiger charge is -2.09. The fourth-order valence-corrected chi connectivity index (χ4v) is 2.02. The molecule has 0 radical (unpaired) electrons. The zero-order valence-electron chi connectivity index (χ0n) is 11.8. The Labute approximate surface area is 132 Å². The van der Waals surface area contributed by atoms with Crippen molar-refractivity contribution in [2.75, 3.05) is 16.4 Å². The molecule has 0 bridgehead atoms. The average molecular weight is 316 g/mol. The van der Waals surface area contributed by atoms with Gasteiger partial charge in [-0.2, -0.15) is 10.1 Å². The predicted molar refractivity (Wildman–Crippen MR) is 87.7 cm³/mol. The third kappa shape index (κ3) is 3.26. The number of halogens is 1. The summed E-state index contributed by atoms with van der Waals surface area (Å²) in [6.07, 6.45) is 5.04. The highest BCUT2D eigenvalue weighted by Crippen LogP contribution is 2.25. The molecule has 112 valence electrons. The molecule has 0 atom stereocenters. The van der Waals surface area contributed by atoms with Gasteiger partial charge >= 0.3 is 0 Å². The topological polar surface area (TPSA) is 93.7 Å². The van der Waals surface area contributed by atoms with Crippen LogP contribution in [0.4, 0.5) is 28.8 Å². The van der Waals surface area contributed by atoms with Crippen LogP contribution in [0.2, 0.25) is 5.02 Å². The molecule has 0 saturated heterocycles. The molecule has 0 spiro atoms. The van der Waals surface area contributed by atoms with Crippen molar-refractivity contribution >= 4 is 40.4 Å². The van der Waals surface area contributed by atoms with E-state index in [2.05, 4.69) is 25.7 Å². The normalized spacial score (nSPS) is 10.5. The van der Waals surface area contributed by atoms with E-state index in [-0.39, 0.29) is 0 Å². The Morgan fingerprint density at radius 3 is 2.77 bits per heavy atom. The molecule has 0 fully saturated rings. The van der Waals surface area contributed by atoms with Crippen molar-refractivity contribution in [3.63, 3.8) is 0 Å². The Hall–Kier alpha value is -2.80. The van der Waals surface area contributed by atoms with Gasteiger partial charge in [-0.15, -0.1) is 0 Å². The molecule has 0 aliphatic carbocycles. The first-order valence-corrected chi connectivity index (χ1v) is 6.89. The first-order chi connectivity index (χ1) is 10.6. The van der Waals surface area contributed by atoms with Gasteiger partial charge in [-0.1, -0.05) is 17.7 Å². The van der Waals surface area contributed by atoms with Crippen LogP contribution in [0.5, 0.6) is 0 Å². The fraction of sp³-hybridized carbons (Fsp3) is 0.0714. The van der Waals surface area contributed by atoms with Crippen molar-refractivity contribution < 1.29 is 0 Å². The van der Waals surface area contributed by atoms with Crippen molar-refractivity contribution in [1.82, 2.24) is 19.7 Å². The summed E-state index contributed by atoms with van der Waals surface area (Å²) in [6, 6.07) is 7.33. The minimum absolute atomic E-state index is 0.416. The number of nitrogen functional groups attached to an aromatic ring is 1. The number of hydrogen-bond donors (Lipinski definition) is 3. The highest BCUT2D eigenvalue weighted by atomic mass is 35.5. The summed E-state index contributed by atoms with van der Waals surface area (Å²) >= 11 is 6.13. The lowest BCUT2D eigenvalue weighted by molar-refractivity contribution is 0.768. The van der Waals surface area contributed by atoms with Gasteiger partial charge in [0, 0.05) is 24.6 Å². The van der Waals surface area contributed by atoms with Crippen LogP contribution in [0.15, 0.2) is 42.9 Å². The fourth-order valence-electron chi connectivity index (χ4n) is 1.88. The monoisotopic (exact) mass is 315 g/mol. The van der Waals surface area contributed by atoms with Crippen molar-refractivity contribution in [2.24, 2.45) is 7.05 Å². The number of nitrogens with two attached hydrogens (primary N) is 1. The molecule has 0 aliphatic heterocycles. The maximum Gasteiger partial charge on any atom is 0.229 e. The molecule has 2 aromatic heterocycles. The van der Waals surface area contributed by atoms with E-state index in [4.69, 9.17) is 17.3 Å². The van der Waals surface area contributed by atoms with Crippen LogP contribution >= 0.6 is 11.6 Å². The maximum absolute atomic E-state index is 6.13. The second-order valence-corrected chi connectivity index (χ2v) is 5.08. The van der Waals surface area contributed by atoms with Crippen LogP contribution in [0.3, 0.4) is 0 Å². The van der Waals surface area contributed by atoms with Gasteiger partial charge in [-0.05, 0) is 18.2 Å². The van der Waals surface area contributed by atoms with Gasteiger partial charge in [0.25, 0.3) is 0 Å². The second-order valence-electron chi connectivity index (χ2n) is 4.67. The minimum atomic E-state index is 0.416. The Balaban J connectivity index is 1.83. The number of nitrogens with zero attached hydrogens (tertiary/aromatic N) is 4. The van der Waals surface area contributed by atoms with Gasteiger partial charge in [-0.3, -0.25) is 4.68 Å². The van der Waals surface area contributed by atoms with Crippen LogP contribution in [-0.4, -0.2) is 19.7 Å². The number of hydrogen-bond acceptors (Lipinski definition) is 6. The zero-order chi connectivity index (χ0) is 15.5. The molecule has 4 N–H and O–H groups in total. The summed E-state index contributed by atoms with van der Waals surface area (Å²) < 4.78 is 1.68. The molecule has 0 aliphatic rings. The van der Waals surface area contributed by atoms with Crippen molar-refractivity contribution in [3.8, 4) is 0 Å². The number of anilines is 5. The SMILES string of the molecule is Cn1cc(Nc2ncc(Cl)c(Nc3cccc(N)c3)n2)cn1. The number of nitrogens with one attached hydrogen (secondary N) is 2. The highest BCUT2D eigenvalue weighted by molar-refractivity contribution is 6.32. The molecule has 1 aromatic carbocycles. The molecular weight excluding hydrogens is 302 g/mol. The number of benzene rings is 1. The van der Waals surface area contributed by atoms with Crippen LogP contribution in [0.1, 0.15) is 0 Å². The molecule has 0 saturated carbocycles. The maximum atomic E-state index is 6.13. The molecule has 0 unspecified atom stereocenters. The summed E-state index contributed by atoms with van der Waals surface area (Å²) in [5.41, 5.74) is 8.00. The number of aromatic nitrogens is 4. The smallest absolute Gasteiger partial charge is 0.229 e. The Morgan fingerprint density at radius 2 is 2.05 bits per heavy atom. The molecule has 3 rings (SSSR count). The Bertz CT molecular complexity index is 799. The standard InChI is InChI=1S/C14H14ClN7/c1-22-8-11(6-18-22)20-14-17-7-12(15)13(21-14)19-10-4-2-3-9(16)5-10/h2-8H,16H2,1H3,(H2,17,19,20,21). The molecular formula is C14H14ClN7. The van der Waals surface area contributed by atoms with E-state index in [0.29, 0.717) is 22.5 Å². The number of aryl methyl sites for hydroxylation is 1. The van der Waals surface area contributed by atoms with E-state index in [0.717, 1.165) is 11.4 Å². The molecule has 8 heteroatoms. The molecule has 3 aromatic rings. The third-order valence-corrected chi connectivity index (χ3v) is 3.13. The van der Waals surface area contributed by atoms with Crippen LogP contribution < -0.4 is 16.4 Å². The van der Waals surface area contributed by atoms with Gasteiger partial charge in [0.15, 0.2) is 5.82 Å². The van der Waals surface area contributed by atoms with E-state index in [1.165, 1.54) is 6.20 Å². The molecule has 7 nitrogen and oxygen atoms in total. The quantitative estimate of drug-likeness (QED) is 0.641. The summed E-state index contributed by atoms with van der Waals surface area (Å²) in [6.45, 7) is 0. The van der Waals surface area contributed by atoms with Gasteiger partial charge in [0.1, 0.15) is 5.02 Å². The third-order valence-electron chi connectivity index (χ3n) is 2.85. The first-order valence-electron chi connectivity index (χ1n) is 6.51. The van der Waals surface area contributed by atoms with Crippen LogP contribution in [0, 0.1) is 0 Å². The lowest BCUT2D eigenvalue weighted by Crippen LogP contribution is -2.01. The van der Waals surface area contributed by atoms with E-state index in [1.54, 1.807) is 16.9 Å². The Morgan fingerprint density at radius 1 is 1.18 bits per heavy atom. The van der Waals surface area contributed by atoms with Crippen molar-refractivity contribution in [3.05, 3.63) is 47.9 Å². The van der Waals surface area contributed by atoms with E-state index in [9.17, 15) is 0 Å². The lowest BCUT2D eigenvalue weighted by atomic mass is 10.3. The van der Waals surface area contributed by atoms with Gasteiger partial charge < -0.3 is 16.4 Å². The summed E-state index contributed by atoms with van der Waals surface area (Å²) in [4.78, 5) is 8.51. The second kappa shape index (κ2) is 5.90. The van der Waals surface area contributed by atoms with Crippen LogP contribution in [0.25, 0.3) is 0 Å². The van der Waals surface area contributed by atoms with E-state index < -0.39 is 0 Å². The highest BCUT2D eigenvalue weighted by Gasteiger charge is 2.07. The first kappa shape index (κ1) is 14.2. The zero-order valence-corrected chi connectivity index (χ0v) is 12.5. The summed E-state index contributed by atoms with van der Waals surface area (Å²) in [7, 11) is 1.83. The molecule has 22 heavy (non-hydrogen) atoms. The minimum Gasteiger partial charge on any atom is -0.399 e. The van der Waals surface area contributed by atoms with Crippen LogP contribution in [-0.2, 0) is 7.05 Å². The van der Waals surface area contributed by atoms with Gasteiger partial charge in [0.2, 0.25) is 5.95 Å². The summed E-state index contributed by atoms with van der Waals surface area (Å²) in [5.74, 6) is 0.914. The van der Waals surface area contributed by atoms with Crippen molar-refractivity contribution in [2.45, 2.75) is 0 Å². The van der Waals surface area contributed by atoms with Gasteiger partial charge in [0.05, 0.1) is 18.1 Å². The van der Waals surface area contributed by atoms with E-state index >= 15 is 0 Å². The van der Waals surface area contributed by atoms with E-state index in [1.807, 2.05) is 31.4 Å². The summed E-state index contributed by atoms with van der Waals surface area (Å²) in [5, 5.41) is 10.7. The average Bonchev–Trinajstić information content (AvgIpc) is 2.88.